The van der Waals surface area contributed by atoms with E-state index in [1.54, 1.807) is 0 Å². The minimum atomic E-state index is -0.0761. The Labute approximate surface area is 119 Å². The molecule has 0 spiro atoms. The molecular formula is C15H23N3O2. The van der Waals surface area contributed by atoms with Gasteiger partial charge in [-0.15, -0.1) is 0 Å². The molecule has 0 saturated carbocycles. The van der Waals surface area contributed by atoms with E-state index in [2.05, 4.69) is 21.9 Å². The number of rotatable bonds is 3. The number of fused-ring (bicyclic) bond motifs is 2. The zero-order valence-electron chi connectivity index (χ0n) is 12.2. The monoisotopic (exact) mass is 277 g/mol. The van der Waals surface area contributed by atoms with Gasteiger partial charge in [0, 0.05) is 42.3 Å². The molecule has 2 N–H and O–H groups in total. The fourth-order valence-electron chi connectivity index (χ4n) is 3.87. The average Bonchev–Trinajstić information content (AvgIpc) is 2.65. The largest absolute Gasteiger partial charge is 0.396 e. The Morgan fingerprint density at radius 2 is 2.00 bits per heavy atom. The van der Waals surface area contributed by atoms with Crippen molar-refractivity contribution < 1.29 is 5.11 Å². The zero-order valence-corrected chi connectivity index (χ0v) is 12.2. The molecule has 2 atom stereocenters. The van der Waals surface area contributed by atoms with Crippen LogP contribution in [0.4, 0.5) is 0 Å². The van der Waals surface area contributed by atoms with Crippen molar-refractivity contribution in [1.82, 2.24) is 14.9 Å². The summed E-state index contributed by atoms with van der Waals surface area (Å²) in [5, 5.41) is 9.01. The maximum Gasteiger partial charge on any atom is 0.254 e. The minimum absolute atomic E-state index is 0.0106. The molecule has 0 aromatic carbocycles. The van der Waals surface area contributed by atoms with Crippen LogP contribution in [-0.4, -0.2) is 45.7 Å². The third-order valence-corrected chi connectivity index (χ3v) is 5.09. The maximum absolute atomic E-state index is 12.1. The van der Waals surface area contributed by atoms with Gasteiger partial charge in [0.05, 0.1) is 0 Å². The van der Waals surface area contributed by atoms with Crippen LogP contribution in [0.25, 0.3) is 0 Å². The van der Waals surface area contributed by atoms with E-state index in [1.165, 1.54) is 12.8 Å². The molecule has 5 nitrogen and oxygen atoms in total. The second-order valence-electron chi connectivity index (χ2n) is 6.21. The SMILES string of the molecule is Cc1nc(C2CC3CCC(C2)N3C)[nH]c(=O)c1CCO. The zero-order chi connectivity index (χ0) is 14.3. The van der Waals surface area contributed by atoms with E-state index in [0.717, 1.165) is 24.4 Å². The van der Waals surface area contributed by atoms with Gasteiger partial charge < -0.3 is 15.0 Å². The molecule has 2 fully saturated rings. The number of aromatic amines is 1. The summed E-state index contributed by atoms with van der Waals surface area (Å²) in [4.78, 5) is 22.2. The van der Waals surface area contributed by atoms with Crippen molar-refractivity contribution >= 4 is 0 Å². The Morgan fingerprint density at radius 1 is 1.35 bits per heavy atom. The van der Waals surface area contributed by atoms with Crippen LogP contribution in [0.15, 0.2) is 4.79 Å². The molecule has 110 valence electrons. The van der Waals surface area contributed by atoms with E-state index in [0.29, 0.717) is 30.0 Å². The normalized spacial score (nSPS) is 29.9. The second-order valence-corrected chi connectivity index (χ2v) is 6.21. The van der Waals surface area contributed by atoms with E-state index in [-0.39, 0.29) is 12.2 Å². The van der Waals surface area contributed by atoms with Gasteiger partial charge >= 0.3 is 0 Å². The molecule has 5 heteroatoms. The summed E-state index contributed by atoms with van der Waals surface area (Å²) in [7, 11) is 2.21. The smallest absolute Gasteiger partial charge is 0.254 e. The van der Waals surface area contributed by atoms with Crippen LogP contribution >= 0.6 is 0 Å². The number of aliphatic hydroxyl groups is 1. The van der Waals surface area contributed by atoms with E-state index in [9.17, 15) is 4.79 Å². The highest BCUT2D eigenvalue weighted by atomic mass is 16.3. The third kappa shape index (κ3) is 2.29. The summed E-state index contributed by atoms with van der Waals surface area (Å²) in [6.07, 6.45) is 5.10. The van der Waals surface area contributed by atoms with Gasteiger partial charge in [0.2, 0.25) is 0 Å². The summed E-state index contributed by atoms with van der Waals surface area (Å²) in [6.45, 7) is 1.86. The molecule has 20 heavy (non-hydrogen) atoms. The van der Waals surface area contributed by atoms with Crippen molar-refractivity contribution in [2.24, 2.45) is 0 Å². The van der Waals surface area contributed by atoms with Gasteiger partial charge in [0.25, 0.3) is 5.56 Å². The van der Waals surface area contributed by atoms with Crippen molar-refractivity contribution in [3.63, 3.8) is 0 Å². The Kier molecular flexibility index (Phi) is 3.65. The molecule has 2 aliphatic heterocycles. The summed E-state index contributed by atoms with van der Waals surface area (Å²) in [6, 6.07) is 1.28. The molecule has 1 aromatic heterocycles. The molecule has 3 heterocycles. The standard InChI is InChI=1S/C15H23N3O2/c1-9-13(5-6-19)15(20)17-14(16-9)10-7-11-3-4-12(8-10)18(11)2/h10-12,19H,3-8H2,1-2H3,(H,16,17,20). The molecule has 3 rings (SSSR count). The van der Waals surface area contributed by atoms with Crippen molar-refractivity contribution in [3.05, 3.63) is 27.4 Å². The summed E-state index contributed by atoms with van der Waals surface area (Å²) >= 11 is 0. The van der Waals surface area contributed by atoms with E-state index < -0.39 is 0 Å². The molecule has 2 bridgehead atoms. The number of aliphatic hydroxyl groups excluding tert-OH is 1. The molecule has 1 aromatic rings. The first-order chi connectivity index (χ1) is 9.60. The lowest BCUT2D eigenvalue weighted by Crippen LogP contribution is -2.40. The summed E-state index contributed by atoms with van der Waals surface area (Å²) in [5.74, 6) is 1.22. The van der Waals surface area contributed by atoms with Gasteiger partial charge in [-0.05, 0) is 39.7 Å². The van der Waals surface area contributed by atoms with Crippen LogP contribution in [0, 0.1) is 6.92 Å². The number of hydrogen-bond donors (Lipinski definition) is 2. The second kappa shape index (κ2) is 5.30. The van der Waals surface area contributed by atoms with Crippen molar-refractivity contribution in [2.75, 3.05) is 13.7 Å². The van der Waals surface area contributed by atoms with Gasteiger partial charge in [0.1, 0.15) is 5.82 Å². The van der Waals surface area contributed by atoms with Gasteiger partial charge in [-0.3, -0.25) is 4.79 Å². The van der Waals surface area contributed by atoms with Crippen molar-refractivity contribution in [2.45, 2.75) is 57.0 Å². The van der Waals surface area contributed by atoms with Gasteiger partial charge in [-0.25, -0.2) is 4.98 Å². The topological polar surface area (TPSA) is 69.2 Å². The van der Waals surface area contributed by atoms with Gasteiger partial charge in [0.15, 0.2) is 0 Å². The number of aryl methyl sites for hydroxylation is 1. The van der Waals surface area contributed by atoms with Crippen molar-refractivity contribution in [1.29, 1.82) is 0 Å². The first kappa shape index (κ1) is 13.8. The highest BCUT2D eigenvalue weighted by Crippen LogP contribution is 2.40. The lowest BCUT2D eigenvalue weighted by atomic mass is 9.90. The molecular weight excluding hydrogens is 254 g/mol. The van der Waals surface area contributed by atoms with Gasteiger partial charge in [-0.2, -0.15) is 0 Å². The molecule has 2 unspecified atom stereocenters. The van der Waals surface area contributed by atoms with Gasteiger partial charge in [-0.1, -0.05) is 0 Å². The Morgan fingerprint density at radius 3 is 2.55 bits per heavy atom. The number of hydrogen-bond acceptors (Lipinski definition) is 4. The Bertz CT molecular complexity index is 541. The third-order valence-electron chi connectivity index (χ3n) is 5.09. The van der Waals surface area contributed by atoms with Crippen LogP contribution in [0.5, 0.6) is 0 Å². The first-order valence-electron chi connectivity index (χ1n) is 7.52. The van der Waals surface area contributed by atoms with E-state index in [1.807, 2.05) is 6.92 Å². The lowest BCUT2D eigenvalue weighted by molar-refractivity contribution is 0.158. The fourth-order valence-corrected chi connectivity index (χ4v) is 3.87. The van der Waals surface area contributed by atoms with Crippen LogP contribution in [0.3, 0.4) is 0 Å². The van der Waals surface area contributed by atoms with Crippen LogP contribution < -0.4 is 5.56 Å². The number of nitrogens with zero attached hydrogens (tertiary/aromatic N) is 2. The van der Waals surface area contributed by atoms with E-state index in [4.69, 9.17) is 5.11 Å². The number of aromatic nitrogens is 2. The molecule has 0 aliphatic carbocycles. The van der Waals surface area contributed by atoms with Crippen LogP contribution in [-0.2, 0) is 6.42 Å². The molecule has 0 radical (unpaired) electrons. The quantitative estimate of drug-likeness (QED) is 0.863. The molecule has 2 saturated heterocycles. The summed E-state index contributed by atoms with van der Waals surface area (Å²) < 4.78 is 0. The molecule has 2 aliphatic rings. The number of H-pyrrole nitrogens is 1. The minimum Gasteiger partial charge on any atom is -0.396 e. The highest BCUT2D eigenvalue weighted by Gasteiger charge is 2.39. The predicted octanol–water partition coefficient (Wildman–Crippen LogP) is 0.953. The fraction of sp³-hybridized carbons (Fsp3) is 0.733. The summed E-state index contributed by atoms with van der Waals surface area (Å²) in [5.41, 5.74) is 1.31. The highest BCUT2D eigenvalue weighted by molar-refractivity contribution is 5.19. The average molecular weight is 277 g/mol. The van der Waals surface area contributed by atoms with Crippen molar-refractivity contribution in [3.8, 4) is 0 Å². The maximum atomic E-state index is 12.1. The Hall–Kier alpha value is -1.20. The van der Waals surface area contributed by atoms with E-state index >= 15 is 0 Å². The molecule has 0 amide bonds. The number of nitrogens with one attached hydrogen (secondary N) is 1. The predicted molar refractivity (Wildman–Crippen MR) is 76.9 cm³/mol. The first-order valence-corrected chi connectivity index (χ1v) is 7.52. The Balaban J connectivity index is 1.87. The van der Waals surface area contributed by atoms with Crippen LogP contribution in [0.1, 0.15) is 48.7 Å². The number of piperidine rings is 1. The van der Waals surface area contributed by atoms with Crippen LogP contribution in [0.2, 0.25) is 0 Å². The lowest BCUT2D eigenvalue weighted by Gasteiger charge is -2.35.